The summed E-state index contributed by atoms with van der Waals surface area (Å²) in [6.07, 6.45) is 2.85. The monoisotopic (exact) mass is 504 g/mol. The normalized spacial score (nSPS) is 19.5. The highest BCUT2D eigenvalue weighted by atomic mass is 16.5. The molecule has 1 heterocycles. The fraction of sp³-hybridized carbons (Fsp3) is 0.407. The van der Waals surface area contributed by atoms with Gasteiger partial charge in [-0.05, 0) is 68.1 Å². The van der Waals surface area contributed by atoms with E-state index in [4.69, 9.17) is 15.7 Å². The number of amides is 3. The summed E-state index contributed by atoms with van der Waals surface area (Å²) >= 11 is 0. The minimum absolute atomic E-state index is 0.0886. The summed E-state index contributed by atoms with van der Waals surface area (Å²) in [5.74, 6) is -0.287. The second kappa shape index (κ2) is 11.8. The molecule has 194 valence electrons. The van der Waals surface area contributed by atoms with Crippen molar-refractivity contribution in [2.24, 2.45) is 5.73 Å². The molecular weight excluding hydrogens is 472 g/mol. The van der Waals surface area contributed by atoms with Gasteiger partial charge in [-0.15, -0.1) is 0 Å². The summed E-state index contributed by atoms with van der Waals surface area (Å²) in [5, 5.41) is 14.8. The van der Waals surface area contributed by atoms with Crippen LogP contribution in [0.3, 0.4) is 0 Å². The predicted molar refractivity (Wildman–Crippen MR) is 139 cm³/mol. The number of nitrogens with one attached hydrogen (secondary N) is 2. The van der Waals surface area contributed by atoms with Gasteiger partial charge in [-0.25, -0.2) is 4.79 Å². The van der Waals surface area contributed by atoms with Crippen LogP contribution in [0.5, 0.6) is 0 Å². The first-order valence-electron chi connectivity index (χ1n) is 12.5. The molecule has 4 N–H and O–H groups in total. The van der Waals surface area contributed by atoms with Gasteiger partial charge in [-0.3, -0.25) is 14.9 Å². The number of benzene rings is 2. The van der Waals surface area contributed by atoms with Gasteiger partial charge in [0.15, 0.2) is 0 Å². The zero-order valence-corrected chi connectivity index (χ0v) is 20.9. The van der Waals surface area contributed by atoms with Crippen LogP contribution in [-0.2, 0) is 4.74 Å². The first-order valence-corrected chi connectivity index (χ1v) is 12.5. The van der Waals surface area contributed by atoms with E-state index in [1.54, 1.807) is 41.3 Å². The van der Waals surface area contributed by atoms with Crippen molar-refractivity contribution < 1.29 is 19.1 Å². The smallest absolute Gasteiger partial charge is 0.411 e. The van der Waals surface area contributed by atoms with Gasteiger partial charge < -0.3 is 25.6 Å². The number of nitrogens with zero attached hydrogens (tertiary/aromatic N) is 3. The Balaban J connectivity index is 1.44. The number of hydrogen-bond donors (Lipinski definition) is 3. The van der Waals surface area contributed by atoms with Crippen molar-refractivity contribution in [3.8, 4) is 6.07 Å². The zero-order chi connectivity index (χ0) is 26.4. The highest BCUT2D eigenvalue weighted by Crippen LogP contribution is 2.29. The molecule has 0 bridgehead atoms. The maximum atomic E-state index is 12.9. The first kappa shape index (κ1) is 26.0. The second-order valence-corrected chi connectivity index (χ2v) is 9.40. The highest BCUT2D eigenvalue weighted by Gasteiger charge is 2.25. The predicted octanol–water partition coefficient (Wildman–Crippen LogP) is 2.70. The number of nitriles is 1. The van der Waals surface area contributed by atoms with Crippen LogP contribution in [0.15, 0.2) is 42.5 Å². The van der Waals surface area contributed by atoms with Crippen LogP contribution in [-0.4, -0.2) is 68.2 Å². The van der Waals surface area contributed by atoms with E-state index >= 15 is 0 Å². The molecule has 4 rings (SSSR count). The fourth-order valence-corrected chi connectivity index (χ4v) is 4.77. The third-order valence-electron chi connectivity index (χ3n) is 6.96. The lowest BCUT2D eigenvalue weighted by molar-refractivity contribution is 0.0746. The zero-order valence-electron chi connectivity index (χ0n) is 20.9. The maximum Gasteiger partial charge on any atom is 0.411 e. The number of carbonyl (C=O) groups excluding carboxylic acids is 3. The SMILES string of the molecule is COC(=O)Nc1cc(C(=O)NC2CCC(N)CC2)ccc1N1CCN(C(=O)c2ccc(C#N)cc2)CC1. The lowest BCUT2D eigenvalue weighted by Crippen LogP contribution is -2.49. The molecular formula is C27H32N6O4. The molecule has 0 unspecified atom stereocenters. The molecule has 0 atom stereocenters. The summed E-state index contributed by atoms with van der Waals surface area (Å²) in [5.41, 5.74) is 8.67. The van der Waals surface area contributed by atoms with E-state index in [-0.39, 0.29) is 23.9 Å². The summed E-state index contributed by atoms with van der Waals surface area (Å²) in [7, 11) is 1.28. The van der Waals surface area contributed by atoms with E-state index in [0.717, 1.165) is 31.4 Å². The quantitative estimate of drug-likeness (QED) is 0.568. The third kappa shape index (κ3) is 6.37. The molecule has 10 nitrogen and oxygen atoms in total. The van der Waals surface area contributed by atoms with Crippen molar-refractivity contribution in [2.75, 3.05) is 43.5 Å². The average Bonchev–Trinajstić information content (AvgIpc) is 2.94. The average molecular weight is 505 g/mol. The molecule has 1 aliphatic carbocycles. The lowest BCUT2D eigenvalue weighted by Gasteiger charge is -2.37. The molecule has 1 saturated heterocycles. The van der Waals surface area contributed by atoms with Crippen LogP contribution < -0.4 is 21.3 Å². The van der Waals surface area contributed by atoms with Crippen LogP contribution in [0.1, 0.15) is 52.0 Å². The number of carbonyl (C=O) groups is 3. The Hall–Kier alpha value is -4.10. The van der Waals surface area contributed by atoms with Crippen molar-refractivity contribution in [3.63, 3.8) is 0 Å². The fourth-order valence-electron chi connectivity index (χ4n) is 4.77. The van der Waals surface area contributed by atoms with Crippen LogP contribution in [0, 0.1) is 11.3 Å². The van der Waals surface area contributed by atoms with Gasteiger partial charge in [0, 0.05) is 49.4 Å². The van der Waals surface area contributed by atoms with Crippen LogP contribution in [0.25, 0.3) is 0 Å². The summed E-state index contributed by atoms with van der Waals surface area (Å²) in [6.45, 7) is 2.07. The van der Waals surface area contributed by atoms with E-state index in [0.29, 0.717) is 48.6 Å². The number of hydrogen-bond acceptors (Lipinski definition) is 7. The standard InChI is InChI=1S/C27H32N6O4/c1-37-27(36)31-23-16-20(25(34)30-22-9-7-21(29)8-10-22)6-11-24(23)32-12-14-33(15-13-32)26(35)19-4-2-18(17-28)3-5-19/h2-6,11,16,21-22H,7-10,12-15,29H2,1H3,(H,30,34)(H,31,36). The van der Waals surface area contributed by atoms with E-state index < -0.39 is 6.09 Å². The molecule has 2 fully saturated rings. The Bertz CT molecular complexity index is 1180. The van der Waals surface area contributed by atoms with Gasteiger partial charge in [-0.1, -0.05) is 0 Å². The molecule has 2 aromatic rings. The van der Waals surface area contributed by atoms with Crippen LogP contribution in [0.4, 0.5) is 16.2 Å². The summed E-state index contributed by atoms with van der Waals surface area (Å²) in [4.78, 5) is 41.7. The Kier molecular flexibility index (Phi) is 8.25. The molecule has 0 spiro atoms. The number of anilines is 2. The molecule has 2 aliphatic rings. The molecule has 0 radical (unpaired) electrons. The molecule has 10 heteroatoms. The molecule has 37 heavy (non-hydrogen) atoms. The van der Waals surface area contributed by atoms with Crippen LogP contribution in [0.2, 0.25) is 0 Å². The van der Waals surface area contributed by atoms with E-state index in [9.17, 15) is 14.4 Å². The molecule has 0 aromatic heterocycles. The number of methoxy groups -OCH3 is 1. The highest BCUT2D eigenvalue weighted by molar-refractivity contribution is 5.99. The van der Waals surface area contributed by atoms with Crippen LogP contribution >= 0.6 is 0 Å². The van der Waals surface area contributed by atoms with Gasteiger partial charge >= 0.3 is 6.09 Å². The molecule has 2 aromatic carbocycles. The molecule has 3 amide bonds. The van der Waals surface area contributed by atoms with Gasteiger partial charge in [0.25, 0.3) is 11.8 Å². The maximum absolute atomic E-state index is 12.9. The van der Waals surface area contributed by atoms with E-state index in [2.05, 4.69) is 21.6 Å². The number of ether oxygens (including phenoxy) is 1. The van der Waals surface area contributed by atoms with Crippen molar-refractivity contribution in [2.45, 2.75) is 37.8 Å². The van der Waals surface area contributed by atoms with Gasteiger partial charge in [0.2, 0.25) is 0 Å². The number of piperazine rings is 1. The van der Waals surface area contributed by atoms with E-state index in [1.165, 1.54) is 7.11 Å². The van der Waals surface area contributed by atoms with Crippen molar-refractivity contribution in [1.29, 1.82) is 5.26 Å². The van der Waals surface area contributed by atoms with Crippen molar-refractivity contribution >= 4 is 29.3 Å². The lowest BCUT2D eigenvalue weighted by atomic mass is 9.91. The largest absolute Gasteiger partial charge is 0.453 e. The van der Waals surface area contributed by atoms with Gasteiger partial charge in [0.1, 0.15) is 0 Å². The van der Waals surface area contributed by atoms with Gasteiger partial charge in [0.05, 0.1) is 30.1 Å². The number of nitrogens with two attached hydrogens (primary N) is 1. The third-order valence-corrected chi connectivity index (χ3v) is 6.96. The summed E-state index contributed by atoms with van der Waals surface area (Å²) in [6, 6.07) is 14.2. The minimum atomic E-state index is -0.630. The number of rotatable bonds is 5. The van der Waals surface area contributed by atoms with E-state index in [1.807, 2.05) is 6.07 Å². The molecule has 1 aliphatic heterocycles. The Morgan fingerprint density at radius 1 is 0.973 bits per heavy atom. The Labute approximate surface area is 216 Å². The molecule has 1 saturated carbocycles. The second-order valence-electron chi connectivity index (χ2n) is 9.40. The summed E-state index contributed by atoms with van der Waals surface area (Å²) < 4.78 is 4.79. The van der Waals surface area contributed by atoms with Gasteiger partial charge in [-0.2, -0.15) is 5.26 Å². The topological polar surface area (TPSA) is 141 Å². The Morgan fingerprint density at radius 3 is 2.24 bits per heavy atom. The minimum Gasteiger partial charge on any atom is -0.453 e. The van der Waals surface area contributed by atoms with Crippen molar-refractivity contribution in [1.82, 2.24) is 10.2 Å². The first-order chi connectivity index (χ1) is 17.9. The Morgan fingerprint density at radius 2 is 1.62 bits per heavy atom. The van der Waals surface area contributed by atoms with Crippen molar-refractivity contribution in [3.05, 3.63) is 59.2 Å².